The number of rotatable bonds is 6. The van der Waals surface area contributed by atoms with Crippen molar-refractivity contribution in [2.24, 2.45) is 5.92 Å². The first-order valence-electron chi connectivity index (χ1n) is 11.3. The number of nitrogens with zero attached hydrogens (tertiary/aromatic N) is 7. The molecule has 0 saturated carbocycles. The lowest BCUT2D eigenvalue weighted by atomic mass is 9.92. The van der Waals surface area contributed by atoms with Gasteiger partial charge in [0, 0.05) is 30.8 Å². The highest BCUT2D eigenvalue weighted by molar-refractivity contribution is 7.18. The number of hydrogen-bond acceptors (Lipinski definition) is 9. The second-order valence-corrected chi connectivity index (χ2v) is 9.81. The molecule has 0 bridgehead atoms. The Morgan fingerprint density at radius 3 is 2.51 bits per heavy atom. The van der Waals surface area contributed by atoms with Crippen LogP contribution in [-0.2, 0) is 6.18 Å². The fourth-order valence-electron chi connectivity index (χ4n) is 3.99. The molecular weight excluding hydrogens is 483 g/mol. The molecule has 5 rings (SSSR count). The topological polar surface area (TPSA) is 94.5 Å². The van der Waals surface area contributed by atoms with Gasteiger partial charge in [-0.3, -0.25) is 4.98 Å². The minimum Gasteiger partial charge on any atom is -0.466 e. The van der Waals surface area contributed by atoms with Crippen molar-refractivity contribution in [2.75, 3.05) is 18.0 Å². The van der Waals surface area contributed by atoms with Crippen molar-refractivity contribution in [3.63, 3.8) is 0 Å². The van der Waals surface area contributed by atoms with Gasteiger partial charge < -0.3 is 14.2 Å². The lowest BCUT2D eigenvalue weighted by Crippen LogP contribution is -2.38. The second-order valence-electron chi connectivity index (χ2n) is 8.89. The zero-order valence-corrected chi connectivity index (χ0v) is 20.2. The number of hydrogen-bond donors (Lipinski definition) is 0. The van der Waals surface area contributed by atoms with E-state index in [0.717, 1.165) is 32.0 Å². The predicted molar refractivity (Wildman–Crippen MR) is 123 cm³/mol. The number of ether oxygens (including phenoxy) is 1. The highest BCUT2D eigenvalue weighted by Gasteiger charge is 2.32. The van der Waals surface area contributed by atoms with E-state index in [4.69, 9.17) is 9.26 Å². The first-order chi connectivity index (χ1) is 16.7. The summed E-state index contributed by atoms with van der Waals surface area (Å²) in [6.45, 7) is 7.71. The number of piperidine rings is 1. The maximum atomic E-state index is 12.7. The summed E-state index contributed by atoms with van der Waals surface area (Å²) in [5.41, 5.74) is 0.0481. The van der Waals surface area contributed by atoms with Crippen LogP contribution in [0.15, 0.2) is 29.0 Å². The van der Waals surface area contributed by atoms with E-state index in [1.807, 2.05) is 20.8 Å². The number of halogens is 3. The summed E-state index contributed by atoms with van der Waals surface area (Å²) >= 11 is 1.29. The van der Waals surface area contributed by atoms with Crippen molar-refractivity contribution in [3.05, 3.63) is 36.0 Å². The van der Waals surface area contributed by atoms with Gasteiger partial charge in [0.25, 0.3) is 5.19 Å². The Hall–Kier alpha value is -3.22. The Balaban J connectivity index is 1.19. The monoisotopic (exact) mass is 507 g/mol. The van der Waals surface area contributed by atoms with Crippen LogP contribution >= 0.6 is 11.3 Å². The molecule has 0 amide bonds. The molecule has 35 heavy (non-hydrogen) atoms. The minimum absolute atomic E-state index is 0.0412. The zero-order valence-electron chi connectivity index (χ0n) is 19.4. The van der Waals surface area contributed by atoms with Crippen molar-refractivity contribution in [1.29, 1.82) is 0 Å². The van der Waals surface area contributed by atoms with Crippen molar-refractivity contribution < 1.29 is 22.4 Å². The summed E-state index contributed by atoms with van der Waals surface area (Å²) in [4.78, 5) is 15.1. The van der Waals surface area contributed by atoms with E-state index >= 15 is 0 Å². The molecule has 0 spiro atoms. The number of anilines is 1. The molecule has 0 radical (unpaired) electrons. The van der Waals surface area contributed by atoms with Crippen LogP contribution in [0.2, 0.25) is 0 Å². The van der Waals surface area contributed by atoms with Crippen molar-refractivity contribution in [3.8, 4) is 16.5 Å². The van der Waals surface area contributed by atoms with E-state index in [9.17, 15) is 13.2 Å². The second kappa shape index (κ2) is 9.10. The molecule has 1 unspecified atom stereocenters. The molecular formula is C22H24F3N7O2S. The van der Waals surface area contributed by atoms with Gasteiger partial charge in [0.15, 0.2) is 5.82 Å². The summed E-state index contributed by atoms with van der Waals surface area (Å²) in [5.74, 6) is 1.29. The van der Waals surface area contributed by atoms with Gasteiger partial charge in [-0.1, -0.05) is 19.0 Å². The number of imidazole rings is 1. The molecule has 0 aromatic carbocycles. The Morgan fingerprint density at radius 1 is 1.14 bits per heavy atom. The van der Waals surface area contributed by atoms with E-state index < -0.39 is 11.9 Å². The third-order valence-electron chi connectivity index (χ3n) is 6.08. The molecule has 1 saturated heterocycles. The Morgan fingerprint density at radius 2 is 1.91 bits per heavy atom. The average molecular weight is 508 g/mol. The summed E-state index contributed by atoms with van der Waals surface area (Å²) < 4.78 is 51.3. The van der Waals surface area contributed by atoms with Gasteiger partial charge in [-0.15, -0.1) is 5.10 Å². The number of aromatic nitrogens is 6. The van der Waals surface area contributed by atoms with Crippen LogP contribution in [0.5, 0.6) is 5.19 Å². The Labute approximate surface area is 202 Å². The SMILES string of the molecule is CC(C)c1noc(N2CCC(C(C)Oc3nn4cc(-c5ccc(C(F)(F)F)nc5)nc4s3)CC2)n1. The molecule has 13 heteroatoms. The fraction of sp³-hybridized carbons (Fsp3) is 0.500. The molecule has 0 N–H and O–H groups in total. The normalized spacial score (nSPS) is 16.4. The van der Waals surface area contributed by atoms with Gasteiger partial charge in [-0.25, -0.2) is 9.50 Å². The molecule has 5 heterocycles. The van der Waals surface area contributed by atoms with E-state index in [2.05, 4.69) is 30.1 Å². The van der Waals surface area contributed by atoms with E-state index in [1.165, 1.54) is 23.6 Å². The van der Waals surface area contributed by atoms with Gasteiger partial charge in [-0.2, -0.15) is 18.2 Å². The number of alkyl halides is 3. The van der Waals surface area contributed by atoms with Gasteiger partial charge in [0.1, 0.15) is 11.8 Å². The smallest absolute Gasteiger partial charge is 0.433 e. The summed E-state index contributed by atoms with van der Waals surface area (Å²) in [6.07, 6.45) is 0.155. The van der Waals surface area contributed by atoms with Crippen LogP contribution in [-0.4, -0.2) is 48.9 Å². The Kier molecular flexibility index (Phi) is 6.11. The maximum Gasteiger partial charge on any atom is 0.433 e. The average Bonchev–Trinajstić information content (AvgIpc) is 3.54. The molecule has 0 aliphatic carbocycles. The third kappa shape index (κ3) is 4.95. The van der Waals surface area contributed by atoms with Gasteiger partial charge in [-0.05, 0) is 49.2 Å². The van der Waals surface area contributed by atoms with Crippen LogP contribution in [0.1, 0.15) is 51.0 Å². The van der Waals surface area contributed by atoms with Crippen LogP contribution in [0, 0.1) is 5.92 Å². The third-order valence-corrected chi connectivity index (χ3v) is 6.90. The van der Waals surface area contributed by atoms with Gasteiger partial charge in [0.05, 0.1) is 11.9 Å². The van der Waals surface area contributed by atoms with E-state index in [-0.39, 0.29) is 12.0 Å². The van der Waals surface area contributed by atoms with Gasteiger partial charge >= 0.3 is 12.2 Å². The molecule has 9 nitrogen and oxygen atoms in total. The zero-order chi connectivity index (χ0) is 24.7. The van der Waals surface area contributed by atoms with Gasteiger partial charge in [0.2, 0.25) is 4.96 Å². The van der Waals surface area contributed by atoms with Crippen molar-refractivity contribution >= 4 is 22.3 Å². The highest BCUT2D eigenvalue weighted by Crippen LogP contribution is 2.32. The quantitative estimate of drug-likeness (QED) is 0.357. The molecule has 1 aliphatic heterocycles. The largest absolute Gasteiger partial charge is 0.466 e. The summed E-state index contributed by atoms with van der Waals surface area (Å²) in [5, 5.41) is 8.98. The molecule has 1 aliphatic rings. The number of pyridine rings is 1. The van der Waals surface area contributed by atoms with Crippen LogP contribution in [0.3, 0.4) is 0 Å². The van der Waals surface area contributed by atoms with Crippen molar-refractivity contribution in [1.82, 2.24) is 29.7 Å². The molecule has 4 aromatic rings. The van der Waals surface area contributed by atoms with E-state index in [0.29, 0.717) is 39.2 Å². The van der Waals surface area contributed by atoms with Crippen LogP contribution < -0.4 is 9.64 Å². The molecule has 4 aromatic heterocycles. The fourth-order valence-corrected chi connectivity index (χ4v) is 4.80. The van der Waals surface area contributed by atoms with Crippen LogP contribution in [0.25, 0.3) is 16.2 Å². The summed E-state index contributed by atoms with van der Waals surface area (Å²) in [6, 6.07) is 2.87. The first-order valence-corrected chi connectivity index (χ1v) is 12.1. The van der Waals surface area contributed by atoms with E-state index in [1.54, 1.807) is 10.7 Å². The maximum absolute atomic E-state index is 12.7. The van der Waals surface area contributed by atoms with Crippen LogP contribution in [0.4, 0.5) is 19.2 Å². The standard InChI is InChI=1S/C22H24F3N7O2S/c1-12(2)18-28-19(34-30-18)31-8-6-14(7-9-31)13(3)33-21-29-32-11-16(27-20(32)35-21)15-4-5-17(26-10-15)22(23,24)25/h4-5,10-14H,6-9H2,1-3H3. The number of fused-ring (bicyclic) bond motifs is 1. The molecule has 1 fully saturated rings. The minimum atomic E-state index is -4.47. The van der Waals surface area contributed by atoms with Crippen molar-refractivity contribution in [2.45, 2.75) is 51.8 Å². The molecule has 186 valence electrons. The highest BCUT2D eigenvalue weighted by atomic mass is 32.1. The first kappa shape index (κ1) is 23.5. The predicted octanol–water partition coefficient (Wildman–Crippen LogP) is 5.06. The lowest BCUT2D eigenvalue weighted by molar-refractivity contribution is -0.141. The summed E-state index contributed by atoms with van der Waals surface area (Å²) in [7, 11) is 0. The molecule has 1 atom stereocenters. The Bertz CT molecular complexity index is 1260. The lowest BCUT2D eigenvalue weighted by Gasteiger charge is -2.33.